The first kappa shape index (κ1) is 18.9. The lowest BCUT2D eigenvalue weighted by Crippen LogP contribution is -2.15. The van der Waals surface area contributed by atoms with Crippen LogP contribution in [0.1, 0.15) is 11.5 Å². The highest BCUT2D eigenvalue weighted by Crippen LogP contribution is 2.37. The van der Waals surface area contributed by atoms with Gasteiger partial charge < -0.3 is 9.84 Å². The quantitative estimate of drug-likeness (QED) is 0.626. The predicted molar refractivity (Wildman–Crippen MR) is 106 cm³/mol. The Balaban J connectivity index is 2.23. The first-order valence-electron chi connectivity index (χ1n) is 8.36. The zero-order valence-electron chi connectivity index (χ0n) is 14.8. The Bertz CT molecular complexity index is 950. The van der Waals surface area contributed by atoms with Crippen molar-refractivity contribution in [1.82, 2.24) is 9.78 Å². The number of para-hydroxylation sites is 1. The lowest BCUT2D eigenvalue weighted by molar-refractivity contribution is -0.116. The first-order valence-corrected chi connectivity index (χ1v) is 8.74. The monoisotopic (exact) mass is 382 g/mol. The van der Waals surface area contributed by atoms with Crippen LogP contribution in [0.25, 0.3) is 16.9 Å². The second kappa shape index (κ2) is 8.20. The lowest BCUT2D eigenvalue weighted by Gasteiger charge is -2.12. The molecular weight excluding hydrogens is 364 g/mol. The fraction of sp³-hybridized carbons (Fsp3) is 0.143. The van der Waals surface area contributed by atoms with E-state index in [0.29, 0.717) is 17.0 Å². The van der Waals surface area contributed by atoms with E-state index in [2.05, 4.69) is 11.7 Å². The van der Waals surface area contributed by atoms with Crippen LogP contribution in [-0.4, -0.2) is 34.4 Å². The van der Waals surface area contributed by atoms with Crippen molar-refractivity contribution in [1.29, 1.82) is 0 Å². The molecule has 1 atom stereocenters. The number of carbonyl (C=O) groups excluding carboxylic acids is 1. The second-order valence-corrected chi connectivity index (χ2v) is 6.23. The largest absolute Gasteiger partial charge is 0.497 e. The van der Waals surface area contributed by atoms with E-state index in [-0.39, 0.29) is 10.9 Å². The molecule has 0 saturated carbocycles. The highest BCUT2D eigenvalue weighted by atomic mass is 35.5. The summed E-state index contributed by atoms with van der Waals surface area (Å²) in [5.74, 6) is -0.457. The number of aliphatic hydroxyl groups excluding tert-OH is 1. The number of rotatable bonds is 7. The number of nitrogens with zero attached hydrogens (tertiary/aromatic N) is 2. The lowest BCUT2D eigenvalue weighted by atomic mass is 9.93. The van der Waals surface area contributed by atoms with Crippen LogP contribution in [0.3, 0.4) is 0 Å². The number of halogens is 1. The first-order chi connectivity index (χ1) is 13.1. The molecule has 0 saturated heterocycles. The van der Waals surface area contributed by atoms with E-state index in [1.54, 1.807) is 23.9 Å². The van der Waals surface area contributed by atoms with Crippen molar-refractivity contribution < 1.29 is 14.6 Å². The Morgan fingerprint density at radius 2 is 1.93 bits per heavy atom. The third-order valence-electron chi connectivity index (χ3n) is 4.30. The van der Waals surface area contributed by atoms with Crippen LogP contribution < -0.4 is 4.74 Å². The van der Waals surface area contributed by atoms with Crippen molar-refractivity contribution in [2.75, 3.05) is 13.7 Å². The summed E-state index contributed by atoms with van der Waals surface area (Å²) >= 11 is 6.63. The van der Waals surface area contributed by atoms with Crippen molar-refractivity contribution in [3.05, 3.63) is 78.0 Å². The van der Waals surface area contributed by atoms with Crippen molar-refractivity contribution in [3.8, 4) is 22.7 Å². The summed E-state index contributed by atoms with van der Waals surface area (Å²) in [7, 11) is 1.59. The predicted octanol–water partition coefficient (Wildman–Crippen LogP) is 4.03. The standard InChI is InChI=1S/C21H19ClN2O3/c1-3-18(26)17(13-25)19-20(14-9-11-16(27-2)12-10-14)23-24(21(19)22)15-7-5-4-6-8-15/h3-12,17,25H,1,13H2,2H3. The summed E-state index contributed by atoms with van der Waals surface area (Å²) in [6.07, 6.45) is 1.19. The summed E-state index contributed by atoms with van der Waals surface area (Å²) in [6, 6.07) is 16.6. The molecule has 138 valence electrons. The van der Waals surface area contributed by atoms with Crippen molar-refractivity contribution >= 4 is 17.4 Å². The molecule has 27 heavy (non-hydrogen) atoms. The minimum atomic E-state index is -0.843. The van der Waals surface area contributed by atoms with Crippen LogP contribution >= 0.6 is 11.6 Å². The van der Waals surface area contributed by atoms with E-state index in [4.69, 9.17) is 16.3 Å². The number of carbonyl (C=O) groups is 1. The summed E-state index contributed by atoms with van der Waals surface area (Å²) in [5, 5.41) is 14.8. The number of allylic oxidation sites excluding steroid dienone is 1. The molecule has 1 N–H and O–H groups in total. The molecule has 1 unspecified atom stereocenters. The maximum Gasteiger partial charge on any atom is 0.165 e. The van der Waals surface area contributed by atoms with Gasteiger partial charge in [0.25, 0.3) is 0 Å². The second-order valence-electron chi connectivity index (χ2n) is 5.87. The van der Waals surface area contributed by atoms with Gasteiger partial charge in [0.2, 0.25) is 0 Å². The van der Waals surface area contributed by atoms with Crippen LogP contribution in [0.2, 0.25) is 5.15 Å². The molecule has 3 aromatic rings. The molecule has 6 heteroatoms. The minimum absolute atomic E-state index is 0.279. The van der Waals surface area contributed by atoms with E-state index < -0.39 is 12.5 Å². The summed E-state index contributed by atoms with van der Waals surface area (Å²) in [6.45, 7) is 3.13. The maximum absolute atomic E-state index is 12.3. The van der Waals surface area contributed by atoms with E-state index >= 15 is 0 Å². The highest BCUT2D eigenvalue weighted by molar-refractivity contribution is 6.31. The molecule has 0 radical (unpaired) electrons. The van der Waals surface area contributed by atoms with Gasteiger partial charge in [0, 0.05) is 11.1 Å². The molecule has 1 heterocycles. The van der Waals surface area contributed by atoms with Crippen molar-refractivity contribution in [2.45, 2.75) is 5.92 Å². The Morgan fingerprint density at radius 3 is 2.48 bits per heavy atom. The Hall–Kier alpha value is -2.89. The Kier molecular flexibility index (Phi) is 5.74. The van der Waals surface area contributed by atoms with Gasteiger partial charge in [-0.1, -0.05) is 36.4 Å². The average molecular weight is 383 g/mol. The van der Waals surface area contributed by atoms with Crippen LogP contribution in [0.5, 0.6) is 5.75 Å². The maximum atomic E-state index is 12.3. The molecule has 0 aliphatic carbocycles. The number of aromatic nitrogens is 2. The van der Waals surface area contributed by atoms with E-state index in [1.807, 2.05) is 42.5 Å². The smallest absolute Gasteiger partial charge is 0.165 e. The molecular formula is C21H19ClN2O3. The third kappa shape index (κ3) is 3.65. The Morgan fingerprint density at radius 1 is 1.26 bits per heavy atom. The normalized spacial score (nSPS) is 11.8. The minimum Gasteiger partial charge on any atom is -0.497 e. The van der Waals surface area contributed by atoms with Gasteiger partial charge >= 0.3 is 0 Å². The molecule has 2 aromatic carbocycles. The zero-order chi connectivity index (χ0) is 19.4. The van der Waals surface area contributed by atoms with Gasteiger partial charge in [0.15, 0.2) is 5.78 Å². The highest BCUT2D eigenvalue weighted by Gasteiger charge is 2.29. The van der Waals surface area contributed by atoms with Gasteiger partial charge in [-0.3, -0.25) is 4.79 Å². The fourth-order valence-corrected chi connectivity index (χ4v) is 3.24. The molecule has 0 spiro atoms. The molecule has 0 aliphatic heterocycles. The van der Waals surface area contributed by atoms with Crippen LogP contribution in [0, 0.1) is 0 Å². The van der Waals surface area contributed by atoms with Gasteiger partial charge in [-0.15, -0.1) is 0 Å². The van der Waals surface area contributed by atoms with E-state index in [1.165, 1.54) is 6.08 Å². The molecule has 0 aliphatic rings. The number of ketones is 1. The van der Waals surface area contributed by atoms with Gasteiger partial charge in [-0.2, -0.15) is 5.10 Å². The van der Waals surface area contributed by atoms with Gasteiger partial charge in [0.05, 0.1) is 31.0 Å². The molecule has 0 fully saturated rings. The SMILES string of the molecule is C=CC(=O)C(CO)c1c(-c2ccc(OC)cc2)nn(-c2ccccc2)c1Cl. The number of hydrogen-bond donors (Lipinski definition) is 1. The fourth-order valence-electron chi connectivity index (χ4n) is 2.89. The molecule has 0 bridgehead atoms. The molecule has 1 aromatic heterocycles. The van der Waals surface area contributed by atoms with Crippen LogP contribution in [-0.2, 0) is 4.79 Å². The number of benzene rings is 2. The Labute approximate surface area is 162 Å². The molecule has 5 nitrogen and oxygen atoms in total. The zero-order valence-corrected chi connectivity index (χ0v) is 15.6. The van der Waals surface area contributed by atoms with Gasteiger partial charge in [-0.05, 0) is 42.5 Å². The number of aliphatic hydroxyl groups is 1. The van der Waals surface area contributed by atoms with E-state index in [0.717, 1.165) is 11.3 Å². The van der Waals surface area contributed by atoms with Crippen LogP contribution in [0.15, 0.2) is 67.3 Å². The summed E-state index contributed by atoms with van der Waals surface area (Å²) in [4.78, 5) is 12.3. The number of methoxy groups -OCH3 is 1. The molecule has 3 rings (SSSR count). The van der Waals surface area contributed by atoms with Gasteiger partial charge in [0.1, 0.15) is 10.9 Å². The van der Waals surface area contributed by atoms with E-state index in [9.17, 15) is 9.90 Å². The molecule has 0 amide bonds. The van der Waals surface area contributed by atoms with Crippen LogP contribution in [0.4, 0.5) is 0 Å². The average Bonchev–Trinajstić information content (AvgIpc) is 3.06. The van der Waals surface area contributed by atoms with Crippen molar-refractivity contribution in [2.24, 2.45) is 0 Å². The third-order valence-corrected chi connectivity index (χ3v) is 4.67. The topological polar surface area (TPSA) is 64.3 Å². The van der Waals surface area contributed by atoms with Gasteiger partial charge in [-0.25, -0.2) is 4.68 Å². The summed E-state index contributed by atoms with van der Waals surface area (Å²) in [5.41, 5.74) is 2.52. The number of hydrogen-bond acceptors (Lipinski definition) is 4. The van der Waals surface area contributed by atoms with Crippen molar-refractivity contribution in [3.63, 3.8) is 0 Å². The number of ether oxygens (including phenoxy) is 1. The summed E-state index contributed by atoms with van der Waals surface area (Å²) < 4.78 is 6.76.